The summed E-state index contributed by atoms with van der Waals surface area (Å²) < 4.78 is 2.72. The molecular formula is C13H19ClN4S. The van der Waals surface area contributed by atoms with Crippen LogP contribution < -0.4 is 11.1 Å². The highest BCUT2D eigenvalue weighted by Gasteiger charge is 2.17. The maximum Gasteiger partial charge on any atom is 0.148 e. The Morgan fingerprint density at radius 3 is 2.58 bits per heavy atom. The van der Waals surface area contributed by atoms with Gasteiger partial charge in [0.25, 0.3) is 0 Å². The van der Waals surface area contributed by atoms with Gasteiger partial charge in [-0.05, 0) is 39.8 Å². The summed E-state index contributed by atoms with van der Waals surface area (Å²) in [6, 6.07) is 4.35. The molecule has 1 atom stereocenters. The predicted octanol–water partition coefficient (Wildman–Crippen LogP) is 4.24. The van der Waals surface area contributed by atoms with Gasteiger partial charge in [-0.25, -0.2) is 4.68 Å². The molecule has 2 aromatic rings. The zero-order chi connectivity index (χ0) is 14.2. The van der Waals surface area contributed by atoms with Crippen molar-refractivity contribution >= 4 is 34.4 Å². The van der Waals surface area contributed by atoms with Gasteiger partial charge in [0.2, 0.25) is 0 Å². The zero-order valence-electron chi connectivity index (χ0n) is 11.6. The molecule has 0 fully saturated rings. The van der Waals surface area contributed by atoms with Crippen molar-refractivity contribution in [2.24, 2.45) is 0 Å². The highest BCUT2D eigenvalue weighted by Crippen LogP contribution is 2.32. The lowest BCUT2D eigenvalue weighted by Gasteiger charge is -2.17. The van der Waals surface area contributed by atoms with Crippen molar-refractivity contribution in [3.63, 3.8) is 0 Å². The number of thiophene rings is 1. The van der Waals surface area contributed by atoms with Crippen molar-refractivity contribution < 1.29 is 0 Å². The number of rotatable bonds is 4. The normalized spacial score (nSPS) is 12.9. The molecule has 0 amide bonds. The summed E-state index contributed by atoms with van der Waals surface area (Å²) in [4.78, 5) is 1.18. The maximum absolute atomic E-state index is 6.10. The lowest BCUT2D eigenvalue weighted by atomic mass is 10.2. The molecule has 2 heterocycles. The van der Waals surface area contributed by atoms with E-state index in [0.717, 1.165) is 15.8 Å². The first-order valence-corrected chi connectivity index (χ1v) is 7.46. The largest absolute Gasteiger partial charge is 0.394 e. The van der Waals surface area contributed by atoms with Gasteiger partial charge in [0.1, 0.15) is 5.82 Å². The molecule has 3 N–H and O–H groups in total. The molecule has 0 bridgehead atoms. The van der Waals surface area contributed by atoms with Crippen LogP contribution in [0, 0.1) is 6.92 Å². The molecule has 0 spiro atoms. The number of aromatic nitrogens is 2. The Morgan fingerprint density at radius 1 is 1.37 bits per heavy atom. The third-order valence-electron chi connectivity index (χ3n) is 2.99. The Morgan fingerprint density at radius 2 is 2.05 bits per heavy atom. The van der Waals surface area contributed by atoms with Crippen molar-refractivity contribution in [1.29, 1.82) is 0 Å². The highest BCUT2D eigenvalue weighted by molar-refractivity contribution is 7.16. The number of hydrogen-bond acceptors (Lipinski definition) is 4. The first-order valence-electron chi connectivity index (χ1n) is 6.26. The number of nitrogens with zero attached hydrogens (tertiary/aromatic N) is 2. The fourth-order valence-electron chi connectivity index (χ4n) is 1.91. The molecule has 2 aromatic heterocycles. The van der Waals surface area contributed by atoms with Crippen LogP contribution >= 0.6 is 22.9 Å². The number of aryl methyl sites for hydroxylation is 1. The van der Waals surface area contributed by atoms with Crippen molar-refractivity contribution in [3.8, 4) is 0 Å². The smallest absolute Gasteiger partial charge is 0.148 e. The zero-order valence-corrected chi connectivity index (χ0v) is 13.1. The van der Waals surface area contributed by atoms with E-state index in [1.807, 2.05) is 23.7 Å². The Kier molecular flexibility index (Phi) is 4.06. The number of nitrogens with two attached hydrogens (primary N) is 1. The molecule has 0 radical (unpaired) electrons. The summed E-state index contributed by atoms with van der Waals surface area (Å²) in [7, 11) is 0. The average Bonchev–Trinajstić information content (AvgIpc) is 2.88. The summed E-state index contributed by atoms with van der Waals surface area (Å²) in [5.74, 6) is 0.879. The van der Waals surface area contributed by atoms with Crippen LogP contribution in [0.2, 0.25) is 4.34 Å². The Balaban J connectivity index is 2.28. The van der Waals surface area contributed by atoms with Crippen molar-refractivity contribution in [1.82, 2.24) is 9.78 Å². The SMILES string of the molecule is Cc1nn(C(C)C)c(NC(C)c2ccc(Cl)s2)c1N. The van der Waals surface area contributed by atoms with E-state index in [0.29, 0.717) is 5.69 Å². The predicted molar refractivity (Wildman–Crippen MR) is 83.1 cm³/mol. The standard InChI is InChI=1S/C13H19ClN4S/c1-7(2)18-13(12(15)9(4)17-18)16-8(3)10-5-6-11(14)19-10/h5-8,16H,15H2,1-4H3. The summed E-state index contributed by atoms with van der Waals surface area (Å²) >= 11 is 7.55. The van der Waals surface area contributed by atoms with Crippen LogP contribution in [-0.2, 0) is 0 Å². The van der Waals surface area contributed by atoms with E-state index in [2.05, 4.69) is 31.2 Å². The van der Waals surface area contributed by atoms with E-state index in [1.165, 1.54) is 4.88 Å². The minimum Gasteiger partial charge on any atom is -0.394 e. The van der Waals surface area contributed by atoms with Crippen LogP contribution in [0.25, 0.3) is 0 Å². The quantitative estimate of drug-likeness (QED) is 0.887. The molecule has 2 rings (SSSR count). The Bertz CT molecular complexity index is 573. The van der Waals surface area contributed by atoms with Crippen LogP contribution in [-0.4, -0.2) is 9.78 Å². The molecule has 0 saturated carbocycles. The maximum atomic E-state index is 6.10. The van der Waals surface area contributed by atoms with Gasteiger partial charge in [-0.3, -0.25) is 0 Å². The number of nitrogens with one attached hydrogen (secondary N) is 1. The van der Waals surface area contributed by atoms with E-state index < -0.39 is 0 Å². The monoisotopic (exact) mass is 298 g/mol. The van der Waals surface area contributed by atoms with Crippen molar-refractivity contribution in [3.05, 3.63) is 27.0 Å². The van der Waals surface area contributed by atoms with Gasteiger partial charge in [-0.2, -0.15) is 5.10 Å². The van der Waals surface area contributed by atoms with Gasteiger partial charge in [0, 0.05) is 10.9 Å². The topological polar surface area (TPSA) is 55.9 Å². The average molecular weight is 299 g/mol. The van der Waals surface area contributed by atoms with E-state index in [-0.39, 0.29) is 12.1 Å². The summed E-state index contributed by atoms with van der Waals surface area (Å²) in [5, 5.41) is 7.91. The molecule has 0 aromatic carbocycles. The fourth-order valence-corrected chi connectivity index (χ4v) is 2.98. The van der Waals surface area contributed by atoms with E-state index in [9.17, 15) is 0 Å². The third-order valence-corrected chi connectivity index (χ3v) is 4.41. The molecule has 0 aliphatic heterocycles. The number of halogens is 1. The molecule has 6 heteroatoms. The van der Waals surface area contributed by atoms with Gasteiger partial charge >= 0.3 is 0 Å². The highest BCUT2D eigenvalue weighted by atomic mass is 35.5. The van der Waals surface area contributed by atoms with Gasteiger partial charge in [-0.15, -0.1) is 11.3 Å². The molecule has 104 valence electrons. The molecule has 0 aliphatic rings. The van der Waals surface area contributed by atoms with Crippen LogP contribution in [0.1, 0.15) is 43.4 Å². The fraction of sp³-hybridized carbons (Fsp3) is 0.462. The van der Waals surface area contributed by atoms with E-state index >= 15 is 0 Å². The second-order valence-electron chi connectivity index (χ2n) is 4.89. The number of nitrogen functional groups attached to an aromatic ring is 1. The molecule has 0 saturated heterocycles. The van der Waals surface area contributed by atoms with Crippen LogP contribution in [0.4, 0.5) is 11.5 Å². The number of hydrogen-bond donors (Lipinski definition) is 2. The lowest BCUT2D eigenvalue weighted by Crippen LogP contribution is -2.13. The second-order valence-corrected chi connectivity index (χ2v) is 6.64. The van der Waals surface area contributed by atoms with Crippen molar-refractivity contribution in [2.75, 3.05) is 11.1 Å². The minimum atomic E-state index is 0.147. The summed E-state index contributed by atoms with van der Waals surface area (Å²) in [5.41, 5.74) is 7.67. The first-order chi connectivity index (χ1) is 8.90. The Labute approximate surface area is 122 Å². The molecule has 19 heavy (non-hydrogen) atoms. The summed E-state index contributed by atoms with van der Waals surface area (Å²) in [6.07, 6.45) is 0. The van der Waals surface area contributed by atoms with Crippen LogP contribution in [0.5, 0.6) is 0 Å². The number of anilines is 2. The third kappa shape index (κ3) is 2.87. The van der Waals surface area contributed by atoms with Crippen LogP contribution in [0.15, 0.2) is 12.1 Å². The molecule has 0 aliphatic carbocycles. The molecule has 4 nitrogen and oxygen atoms in total. The first kappa shape index (κ1) is 14.2. The van der Waals surface area contributed by atoms with Gasteiger partial charge in [0.05, 0.1) is 21.8 Å². The van der Waals surface area contributed by atoms with E-state index in [1.54, 1.807) is 11.3 Å². The molecule has 1 unspecified atom stereocenters. The molecular weight excluding hydrogens is 280 g/mol. The van der Waals surface area contributed by atoms with Gasteiger partial charge in [0.15, 0.2) is 0 Å². The van der Waals surface area contributed by atoms with Crippen LogP contribution in [0.3, 0.4) is 0 Å². The minimum absolute atomic E-state index is 0.147. The second kappa shape index (κ2) is 5.43. The lowest BCUT2D eigenvalue weighted by molar-refractivity contribution is 0.532. The van der Waals surface area contributed by atoms with Gasteiger partial charge in [-0.1, -0.05) is 11.6 Å². The Hall–Kier alpha value is -1.20. The van der Waals surface area contributed by atoms with Gasteiger partial charge < -0.3 is 11.1 Å². The van der Waals surface area contributed by atoms with E-state index in [4.69, 9.17) is 17.3 Å². The van der Waals surface area contributed by atoms with Crippen molar-refractivity contribution in [2.45, 2.75) is 39.8 Å². The summed E-state index contributed by atoms with van der Waals surface area (Å²) in [6.45, 7) is 8.19.